The average molecular weight is 273 g/mol. The molecule has 0 unspecified atom stereocenters. The van der Waals surface area contributed by atoms with Gasteiger partial charge in [-0.1, -0.05) is 0 Å². The lowest BCUT2D eigenvalue weighted by Gasteiger charge is -2.42. The van der Waals surface area contributed by atoms with Gasteiger partial charge in [0, 0.05) is 26.6 Å². The van der Waals surface area contributed by atoms with Gasteiger partial charge in [0.2, 0.25) is 5.91 Å². The first-order valence-corrected chi connectivity index (χ1v) is 5.95. The van der Waals surface area contributed by atoms with Crippen molar-refractivity contribution in [2.24, 2.45) is 5.92 Å². The zero-order valence-electron chi connectivity index (χ0n) is 11.0. The SMILES string of the molecule is COCC(=O)N(C)[C@@H]1CC[C@H](C=O)CN1C(=O)NO. The molecule has 0 radical (unpaired) electrons. The van der Waals surface area contributed by atoms with Crippen LogP contribution in [-0.4, -0.2) is 66.7 Å². The van der Waals surface area contributed by atoms with E-state index in [-0.39, 0.29) is 25.0 Å². The van der Waals surface area contributed by atoms with Gasteiger partial charge in [-0.25, -0.2) is 10.3 Å². The highest BCUT2D eigenvalue weighted by Gasteiger charge is 2.35. The average Bonchev–Trinajstić information content (AvgIpc) is 2.45. The number of aldehydes is 1. The van der Waals surface area contributed by atoms with Crippen molar-refractivity contribution in [2.45, 2.75) is 19.0 Å². The molecule has 0 aliphatic carbocycles. The van der Waals surface area contributed by atoms with Crippen molar-refractivity contribution in [3.8, 4) is 0 Å². The predicted molar refractivity (Wildman–Crippen MR) is 64.2 cm³/mol. The molecular formula is C11H19N3O5. The van der Waals surface area contributed by atoms with E-state index in [0.29, 0.717) is 12.8 Å². The number of carbonyl (C=O) groups excluding carboxylic acids is 3. The van der Waals surface area contributed by atoms with E-state index < -0.39 is 12.2 Å². The van der Waals surface area contributed by atoms with Gasteiger partial charge in [0.25, 0.3) is 0 Å². The number of rotatable bonds is 4. The van der Waals surface area contributed by atoms with Crippen LogP contribution < -0.4 is 5.48 Å². The zero-order valence-corrected chi connectivity index (χ0v) is 11.0. The number of hydrogen-bond acceptors (Lipinski definition) is 5. The Hall–Kier alpha value is -1.67. The molecule has 0 saturated carbocycles. The minimum absolute atomic E-state index is 0.0846. The molecule has 0 aromatic heterocycles. The fourth-order valence-corrected chi connectivity index (χ4v) is 2.17. The highest BCUT2D eigenvalue weighted by atomic mass is 16.5. The summed E-state index contributed by atoms with van der Waals surface area (Å²) in [5.41, 5.74) is 1.54. The molecule has 0 aromatic carbocycles. The molecule has 2 atom stereocenters. The lowest BCUT2D eigenvalue weighted by atomic mass is 9.97. The maximum Gasteiger partial charge on any atom is 0.342 e. The van der Waals surface area contributed by atoms with Crippen LogP contribution in [0.4, 0.5) is 4.79 Å². The number of amides is 3. The van der Waals surface area contributed by atoms with Crippen molar-refractivity contribution in [3.63, 3.8) is 0 Å². The van der Waals surface area contributed by atoms with Crippen molar-refractivity contribution in [1.29, 1.82) is 0 Å². The monoisotopic (exact) mass is 273 g/mol. The molecule has 1 rings (SSSR count). The van der Waals surface area contributed by atoms with Crippen LogP contribution in [0.2, 0.25) is 0 Å². The summed E-state index contributed by atoms with van der Waals surface area (Å²) >= 11 is 0. The van der Waals surface area contributed by atoms with E-state index in [0.717, 1.165) is 6.29 Å². The van der Waals surface area contributed by atoms with E-state index in [1.165, 1.54) is 22.4 Å². The number of nitrogens with zero attached hydrogens (tertiary/aromatic N) is 2. The Morgan fingerprint density at radius 1 is 1.53 bits per heavy atom. The number of hydrogen-bond donors (Lipinski definition) is 2. The third-order valence-electron chi connectivity index (χ3n) is 3.24. The molecule has 19 heavy (non-hydrogen) atoms. The second kappa shape index (κ2) is 7.05. The molecule has 1 aliphatic rings. The fraction of sp³-hybridized carbons (Fsp3) is 0.727. The molecular weight excluding hydrogens is 254 g/mol. The van der Waals surface area contributed by atoms with Crippen molar-refractivity contribution in [3.05, 3.63) is 0 Å². The van der Waals surface area contributed by atoms with Crippen LogP contribution in [0.1, 0.15) is 12.8 Å². The van der Waals surface area contributed by atoms with Crippen LogP contribution in [0.15, 0.2) is 0 Å². The summed E-state index contributed by atoms with van der Waals surface area (Å²) in [6.07, 6.45) is 1.35. The van der Waals surface area contributed by atoms with Crippen LogP contribution in [0, 0.1) is 5.92 Å². The molecule has 1 fully saturated rings. The lowest BCUT2D eigenvalue weighted by Crippen LogP contribution is -2.58. The fourth-order valence-electron chi connectivity index (χ4n) is 2.17. The quantitative estimate of drug-likeness (QED) is 0.406. The van der Waals surface area contributed by atoms with E-state index in [1.54, 1.807) is 7.05 Å². The third-order valence-corrected chi connectivity index (χ3v) is 3.24. The first-order valence-electron chi connectivity index (χ1n) is 5.95. The number of urea groups is 1. The molecule has 1 aliphatic heterocycles. The number of methoxy groups -OCH3 is 1. The summed E-state index contributed by atoms with van der Waals surface area (Å²) in [5, 5.41) is 8.73. The van der Waals surface area contributed by atoms with Crippen molar-refractivity contribution < 1.29 is 24.3 Å². The molecule has 1 saturated heterocycles. The number of nitrogens with one attached hydrogen (secondary N) is 1. The summed E-state index contributed by atoms with van der Waals surface area (Å²) < 4.78 is 4.76. The number of ether oxygens (including phenoxy) is 1. The van der Waals surface area contributed by atoms with Gasteiger partial charge in [-0.3, -0.25) is 10.0 Å². The first-order chi connectivity index (χ1) is 9.04. The van der Waals surface area contributed by atoms with E-state index in [9.17, 15) is 14.4 Å². The van der Waals surface area contributed by atoms with Gasteiger partial charge >= 0.3 is 6.03 Å². The van der Waals surface area contributed by atoms with Crippen LogP contribution in [0.3, 0.4) is 0 Å². The first kappa shape index (κ1) is 15.4. The molecule has 108 valence electrons. The number of carbonyl (C=O) groups is 3. The maximum absolute atomic E-state index is 11.8. The topological polar surface area (TPSA) is 99.2 Å². The Morgan fingerprint density at radius 2 is 2.21 bits per heavy atom. The van der Waals surface area contributed by atoms with Crippen LogP contribution in [-0.2, 0) is 14.3 Å². The molecule has 0 spiro atoms. The highest BCUT2D eigenvalue weighted by molar-refractivity contribution is 5.79. The van der Waals surface area contributed by atoms with Crippen molar-refractivity contribution >= 4 is 18.2 Å². The second-order valence-corrected chi connectivity index (χ2v) is 4.46. The molecule has 2 N–H and O–H groups in total. The molecule has 8 heteroatoms. The summed E-state index contributed by atoms with van der Waals surface area (Å²) in [6, 6.07) is -0.728. The number of piperidine rings is 1. The van der Waals surface area contributed by atoms with E-state index in [1.807, 2.05) is 0 Å². The molecule has 3 amide bonds. The van der Waals surface area contributed by atoms with Gasteiger partial charge < -0.3 is 19.3 Å². The Bertz CT molecular complexity index is 349. The lowest BCUT2D eigenvalue weighted by molar-refractivity contribution is -0.140. The Morgan fingerprint density at radius 3 is 2.74 bits per heavy atom. The predicted octanol–water partition coefficient (Wildman–Crippen LogP) is -0.573. The third kappa shape index (κ3) is 3.65. The van der Waals surface area contributed by atoms with Gasteiger partial charge in [-0.2, -0.15) is 0 Å². The molecule has 0 aromatic rings. The molecule has 8 nitrogen and oxygen atoms in total. The van der Waals surface area contributed by atoms with Gasteiger partial charge in [-0.15, -0.1) is 0 Å². The van der Waals surface area contributed by atoms with Gasteiger partial charge in [-0.05, 0) is 12.8 Å². The van der Waals surface area contributed by atoms with E-state index in [2.05, 4.69) is 0 Å². The molecule has 0 bridgehead atoms. The van der Waals surface area contributed by atoms with Crippen LogP contribution >= 0.6 is 0 Å². The Balaban J connectivity index is 2.81. The maximum atomic E-state index is 11.8. The largest absolute Gasteiger partial charge is 0.375 e. The minimum atomic E-state index is -0.728. The summed E-state index contributed by atoms with van der Waals surface area (Å²) in [7, 11) is 2.97. The standard InChI is InChI=1S/C11H19N3O5/c1-13(10(16)7-19-2)9-4-3-8(6-15)5-14(9)11(17)12-18/h6,8-9,18H,3-5,7H2,1-2H3,(H,12,17)/t8-,9-/m0/s1. The highest BCUT2D eigenvalue weighted by Crippen LogP contribution is 2.23. The smallest absolute Gasteiger partial charge is 0.342 e. The van der Waals surface area contributed by atoms with Crippen LogP contribution in [0.5, 0.6) is 0 Å². The van der Waals surface area contributed by atoms with Gasteiger partial charge in [0.1, 0.15) is 19.1 Å². The Kier molecular flexibility index (Phi) is 5.71. The second-order valence-electron chi connectivity index (χ2n) is 4.46. The van der Waals surface area contributed by atoms with Crippen LogP contribution in [0.25, 0.3) is 0 Å². The normalized spacial score (nSPS) is 22.8. The summed E-state index contributed by atoms with van der Waals surface area (Å²) in [4.78, 5) is 36.8. The van der Waals surface area contributed by atoms with Gasteiger partial charge in [0.05, 0.1) is 0 Å². The van der Waals surface area contributed by atoms with E-state index >= 15 is 0 Å². The van der Waals surface area contributed by atoms with Crippen molar-refractivity contribution in [2.75, 3.05) is 27.3 Å². The number of hydroxylamine groups is 1. The molecule has 1 heterocycles. The summed E-state index contributed by atoms with van der Waals surface area (Å²) in [6.45, 7) is 0.0872. The van der Waals surface area contributed by atoms with Crippen molar-refractivity contribution in [1.82, 2.24) is 15.3 Å². The minimum Gasteiger partial charge on any atom is -0.375 e. The van der Waals surface area contributed by atoms with Gasteiger partial charge in [0.15, 0.2) is 0 Å². The zero-order chi connectivity index (χ0) is 14.4. The number of likely N-dealkylation sites (tertiary alicyclic amines) is 1. The Labute approximate surface area is 111 Å². The van der Waals surface area contributed by atoms with E-state index in [4.69, 9.17) is 9.94 Å². The number of likely N-dealkylation sites (N-methyl/N-ethyl adjacent to an activating group) is 1. The summed E-state index contributed by atoms with van der Waals surface area (Å²) in [5.74, 6) is -0.549.